The third kappa shape index (κ3) is 11.9. The van der Waals surface area contributed by atoms with Crippen LogP contribution in [-0.2, 0) is 47.4 Å². The predicted molar refractivity (Wildman–Crippen MR) is 287 cm³/mol. The highest BCUT2D eigenvalue weighted by molar-refractivity contribution is 5.21. The molecule has 26 heteroatoms. The number of rotatable bonds is 18. The van der Waals surface area contributed by atoms with E-state index in [-0.39, 0.29) is 34.5 Å². The highest BCUT2D eigenvalue weighted by Gasteiger charge is 2.72. The van der Waals surface area contributed by atoms with Crippen LogP contribution in [0.25, 0.3) is 0 Å². The van der Waals surface area contributed by atoms with Crippen LogP contribution in [0.4, 0.5) is 0 Å². The number of aliphatic hydroxyl groups excluding tert-OH is 16. The van der Waals surface area contributed by atoms with Gasteiger partial charge in [0, 0.05) is 0 Å². The first kappa shape index (κ1) is 67.1. The molecule has 0 aromatic carbocycles. The van der Waals surface area contributed by atoms with Gasteiger partial charge in [0.05, 0.1) is 50.8 Å². The summed E-state index contributed by atoms with van der Waals surface area (Å²) in [6, 6.07) is 0. The highest BCUT2D eigenvalue weighted by atomic mass is 16.8. The van der Waals surface area contributed by atoms with Crippen LogP contribution in [-0.4, -0.2) is 274 Å². The van der Waals surface area contributed by atoms with E-state index in [1.165, 1.54) is 0 Å². The van der Waals surface area contributed by atoms with E-state index < -0.39 is 203 Å². The monoisotopic (exact) mass is 1210 g/mol. The zero-order valence-corrected chi connectivity index (χ0v) is 49.5. The van der Waals surface area contributed by atoms with E-state index in [1.54, 1.807) is 0 Å². The van der Waals surface area contributed by atoms with Crippen LogP contribution in [0.15, 0.2) is 11.6 Å². The van der Waals surface area contributed by atoms with Gasteiger partial charge in [0.1, 0.15) is 110 Å². The molecule has 0 amide bonds. The van der Waals surface area contributed by atoms with Crippen molar-refractivity contribution in [2.45, 2.75) is 272 Å². The Hall–Kier alpha value is -1.30. The van der Waals surface area contributed by atoms with E-state index in [0.29, 0.717) is 38.5 Å². The smallest absolute Gasteiger partial charge is 0.187 e. The van der Waals surface area contributed by atoms with Gasteiger partial charge in [-0.2, -0.15) is 0 Å². The largest absolute Gasteiger partial charge is 0.394 e. The second-order valence-corrected chi connectivity index (χ2v) is 27.6. The Balaban J connectivity index is 0.918. The molecule has 16 N–H and O–H groups in total. The molecular weight excluding hydrogens is 1110 g/mol. The molecular formula is C58H98O26. The summed E-state index contributed by atoms with van der Waals surface area (Å²) in [5, 5.41) is 174. The van der Waals surface area contributed by atoms with Crippen molar-refractivity contribution in [3.8, 4) is 0 Å². The van der Waals surface area contributed by atoms with Crippen molar-refractivity contribution in [1.29, 1.82) is 0 Å². The Bertz CT molecular complexity index is 2210. The molecule has 33 atom stereocenters. The summed E-state index contributed by atoms with van der Waals surface area (Å²) in [7, 11) is 0. The van der Waals surface area contributed by atoms with Crippen molar-refractivity contribution < 1.29 is 129 Å². The molecule has 5 aliphatic heterocycles. The molecule has 84 heavy (non-hydrogen) atoms. The Morgan fingerprint density at radius 1 is 0.524 bits per heavy atom. The average molecular weight is 1210 g/mol. The second kappa shape index (κ2) is 25.8. The van der Waals surface area contributed by atoms with Crippen LogP contribution in [0, 0.1) is 45.3 Å². The Morgan fingerprint density at radius 3 is 1.70 bits per heavy atom. The number of fused-ring (bicyclic) bond motifs is 5. The van der Waals surface area contributed by atoms with E-state index in [9.17, 15) is 81.7 Å². The van der Waals surface area contributed by atoms with Crippen LogP contribution >= 0.6 is 0 Å². The summed E-state index contributed by atoms with van der Waals surface area (Å²) in [4.78, 5) is 0. The lowest BCUT2D eigenvalue weighted by Gasteiger charge is -2.71. The van der Waals surface area contributed by atoms with Crippen molar-refractivity contribution in [1.82, 2.24) is 0 Å². The third-order valence-corrected chi connectivity index (χ3v) is 22.3. The highest BCUT2D eigenvalue weighted by Crippen LogP contribution is 2.76. The van der Waals surface area contributed by atoms with E-state index >= 15 is 0 Å². The lowest BCUT2D eigenvalue weighted by molar-refractivity contribution is -0.378. The second-order valence-electron chi connectivity index (χ2n) is 27.6. The zero-order valence-electron chi connectivity index (χ0n) is 49.5. The first-order valence-corrected chi connectivity index (χ1v) is 30.2. The van der Waals surface area contributed by atoms with Gasteiger partial charge in [0.15, 0.2) is 31.5 Å². The number of allylic oxidation sites excluding steroid dienone is 2. The topological polar surface area (TPSA) is 416 Å². The van der Waals surface area contributed by atoms with Crippen molar-refractivity contribution in [3.63, 3.8) is 0 Å². The summed E-state index contributed by atoms with van der Waals surface area (Å²) in [5.41, 5.74) is -1.72. The summed E-state index contributed by atoms with van der Waals surface area (Å²) in [5.74, 6) is -0.565. The van der Waals surface area contributed by atoms with E-state index in [1.807, 2.05) is 20.8 Å². The molecule has 0 bridgehead atoms. The van der Waals surface area contributed by atoms with Crippen molar-refractivity contribution >= 4 is 0 Å². The maximum absolute atomic E-state index is 12.9. The van der Waals surface area contributed by atoms with Crippen LogP contribution in [0.3, 0.4) is 0 Å². The molecule has 9 fully saturated rings. The fourth-order valence-electron chi connectivity index (χ4n) is 17.2. The van der Waals surface area contributed by atoms with E-state index in [0.717, 1.165) is 24.8 Å². The molecule has 0 aromatic heterocycles. The van der Waals surface area contributed by atoms with Crippen LogP contribution in [0.2, 0.25) is 0 Å². The SMILES string of the molecule is CC(C)=CCC[C@](C)(O[C@@H]1O[C@@H](CO[C@H]2O[C@H](CO)[C@@H](O)[C@H]2O[C@@H]2OC[C@H](O)[C@H](O)[C@@H]2O)[C@@H](O)[C@H](O)[C@H]1O)[C@@H]1CC[C@@]2(C)[C@@H]1[C@@H](O)C[C@@H]1[C@]3(C)CC[C@H](O[C@@H]4O[C@@H](CO)[C@H](O)[C@H](O)[C@H]4O[C@H]4O[C@@H](CO)[C@@H](O)[C@H](O)[C@@H]4O)C(C)(C)[C@@H]3CC[C@]12C. The lowest BCUT2D eigenvalue weighted by Crippen LogP contribution is -2.68. The first-order chi connectivity index (χ1) is 39.4. The molecule has 9 aliphatic rings. The van der Waals surface area contributed by atoms with Crippen LogP contribution in [0.5, 0.6) is 0 Å². The Morgan fingerprint density at radius 2 is 1.06 bits per heavy atom. The minimum Gasteiger partial charge on any atom is -0.394 e. The van der Waals surface area contributed by atoms with Gasteiger partial charge in [-0.25, -0.2) is 0 Å². The van der Waals surface area contributed by atoms with Gasteiger partial charge in [0.2, 0.25) is 0 Å². The van der Waals surface area contributed by atoms with Gasteiger partial charge in [-0.3, -0.25) is 0 Å². The molecule has 5 heterocycles. The van der Waals surface area contributed by atoms with Crippen molar-refractivity contribution in [2.75, 3.05) is 33.0 Å². The number of aliphatic hydroxyl groups is 16. The standard InChI is InChI=1S/C58H98O26/c1-24(2)10-9-14-58(8,84-51-46(74)42(70)39(67)31(80-51)23-76-52-47(40(68)30(21-61)78-52)82-49-44(72)36(64)27(63)22-75-49)25-11-16-57(7)35(25)26(62)18-33-55(5)15-13-34(54(3,4)32(55)12-17-56(33,57)6)81-53-48(43(71)38(66)29(20-60)79-53)83-50-45(73)41(69)37(65)28(19-59)77-50/h10,25-53,59-74H,9,11-23H2,1-8H3/t25-,26+,27+,28+,29+,30-,31+,32+,33-,34+,35+,36+,37-,38+,39-,40-,41+,42+,43+,44+,45+,46-,47-,48-,49+,50-,51+,52+,53+,55-,56-,57+,58+/m1/s1. The van der Waals surface area contributed by atoms with Gasteiger partial charge in [-0.15, -0.1) is 0 Å². The molecule has 0 spiro atoms. The Labute approximate surface area is 490 Å². The lowest BCUT2D eigenvalue weighted by atomic mass is 9.35. The van der Waals surface area contributed by atoms with Gasteiger partial charge in [0.25, 0.3) is 0 Å². The molecule has 4 aliphatic carbocycles. The molecule has 9 rings (SSSR count). The summed E-state index contributed by atoms with van der Waals surface area (Å²) in [6.45, 7) is 14.1. The fourth-order valence-corrected chi connectivity index (χ4v) is 17.2. The molecule has 26 nitrogen and oxygen atoms in total. The summed E-state index contributed by atoms with van der Waals surface area (Å²) >= 11 is 0. The molecule has 5 saturated heterocycles. The predicted octanol–water partition coefficient (Wildman–Crippen LogP) is -3.10. The minimum absolute atomic E-state index is 0.0176. The third-order valence-electron chi connectivity index (χ3n) is 22.3. The van der Waals surface area contributed by atoms with Gasteiger partial charge < -0.3 is 129 Å². The van der Waals surface area contributed by atoms with Gasteiger partial charge >= 0.3 is 0 Å². The number of ether oxygens (including phenoxy) is 10. The summed E-state index contributed by atoms with van der Waals surface area (Å²) < 4.78 is 60.9. The Kier molecular flexibility index (Phi) is 20.6. The molecule has 4 saturated carbocycles. The average Bonchev–Trinajstić information content (AvgIpc) is 1.32. The van der Waals surface area contributed by atoms with Crippen LogP contribution < -0.4 is 0 Å². The first-order valence-electron chi connectivity index (χ1n) is 30.2. The zero-order chi connectivity index (χ0) is 61.5. The normalized spacial score (nSPS) is 52.9. The van der Waals surface area contributed by atoms with E-state index in [4.69, 9.17) is 47.4 Å². The van der Waals surface area contributed by atoms with Crippen molar-refractivity contribution in [3.05, 3.63) is 11.6 Å². The molecule has 0 aromatic rings. The van der Waals surface area contributed by atoms with Gasteiger partial charge in [-0.1, -0.05) is 46.3 Å². The van der Waals surface area contributed by atoms with Crippen LogP contribution in [0.1, 0.15) is 113 Å². The van der Waals surface area contributed by atoms with E-state index in [2.05, 4.69) is 40.7 Å². The minimum atomic E-state index is -1.83. The fraction of sp³-hybridized carbons (Fsp3) is 0.966. The number of hydrogen-bond donors (Lipinski definition) is 16. The molecule has 0 radical (unpaired) electrons. The maximum atomic E-state index is 12.9. The maximum Gasteiger partial charge on any atom is 0.187 e. The summed E-state index contributed by atoms with van der Waals surface area (Å²) in [6.07, 6.45) is -29.8. The molecule has 0 unspecified atom stereocenters. The quantitative estimate of drug-likeness (QED) is 0.0477. The van der Waals surface area contributed by atoms with Gasteiger partial charge in [-0.05, 0) is 124 Å². The van der Waals surface area contributed by atoms with Crippen molar-refractivity contribution in [2.24, 2.45) is 45.3 Å². The molecule has 486 valence electrons. The number of hydrogen-bond acceptors (Lipinski definition) is 26.